The molecule has 0 spiro atoms. The second kappa shape index (κ2) is 22.5. The summed E-state index contributed by atoms with van der Waals surface area (Å²) in [5.41, 5.74) is 6.15. The largest absolute Gasteiger partial charge is 0.480 e. The van der Waals surface area contributed by atoms with E-state index in [9.17, 15) is 24.3 Å². The fraction of sp³-hybridized carbons (Fsp3) is 0.788. The zero-order valence-electron chi connectivity index (χ0n) is 27.0. The number of unbranched alkanes of at least 4 members (excludes halogenated alkanes) is 13. The smallest absolute Gasteiger partial charge is 0.326 e. The zero-order chi connectivity index (χ0) is 32.0. The molecule has 3 amide bonds. The SMILES string of the molecule is CCCCCCCCCCCCCCCC(=O)N1CCCC1C(=O)NC(Cc1cnc[nH]1)C(=O)NC(CCCCN)C(=O)O. The van der Waals surface area contributed by atoms with E-state index in [4.69, 9.17) is 5.73 Å². The van der Waals surface area contributed by atoms with Crippen LogP contribution in [0.15, 0.2) is 12.5 Å². The number of likely N-dealkylation sites (tertiary alicyclic amines) is 1. The fourth-order valence-corrected chi connectivity index (χ4v) is 5.89. The van der Waals surface area contributed by atoms with Gasteiger partial charge in [0.05, 0.1) is 6.33 Å². The van der Waals surface area contributed by atoms with Crippen molar-refractivity contribution in [3.8, 4) is 0 Å². The highest BCUT2D eigenvalue weighted by molar-refractivity contribution is 5.93. The van der Waals surface area contributed by atoms with Gasteiger partial charge in [-0.1, -0.05) is 84.0 Å². The fourth-order valence-electron chi connectivity index (χ4n) is 5.89. The van der Waals surface area contributed by atoms with Crippen LogP contribution in [0.4, 0.5) is 0 Å². The molecule has 1 aliphatic rings. The maximum absolute atomic E-state index is 13.4. The van der Waals surface area contributed by atoms with E-state index in [1.54, 1.807) is 11.1 Å². The lowest BCUT2D eigenvalue weighted by Gasteiger charge is -2.27. The van der Waals surface area contributed by atoms with Gasteiger partial charge in [0.2, 0.25) is 17.7 Å². The summed E-state index contributed by atoms with van der Waals surface area (Å²) in [5.74, 6) is -2.14. The second-order valence-electron chi connectivity index (χ2n) is 12.3. The van der Waals surface area contributed by atoms with E-state index in [0.717, 1.165) is 25.7 Å². The number of aromatic amines is 1. The Labute approximate surface area is 263 Å². The van der Waals surface area contributed by atoms with Crippen molar-refractivity contribution in [2.75, 3.05) is 13.1 Å². The van der Waals surface area contributed by atoms with Crippen LogP contribution >= 0.6 is 0 Å². The van der Waals surface area contributed by atoms with Crippen LogP contribution < -0.4 is 16.4 Å². The summed E-state index contributed by atoms with van der Waals surface area (Å²) < 4.78 is 0. The monoisotopic (exact) mass is 618 g/mol. The van der Waals surface area contributed by atoms with Gasteiger partial charge in [-0.05, 0) is 45.1 Å². The van der Waals surface area contributed by atoms with E-state index >= 15 is 0 Å². The molecule has 1 saturated heterocycles. The molecule has 0 aromatic carbocycles. The minimum atomic E-state index is -1.14. The number of carbonyl (C=O) groups excluding carboxylic acids is 3. The zero-order valence-corrected chi connectivity index (χ0v) is 27.0. The number of rotatable bonds is 25. The highest BCUT2D eigenvalue weighted by Gasteiger charge is 2.36. The summed E-state index contributed by atoms with van der Waals surface area (Å²) in [5, 5.41) is 15.0. The molecule has 0 bridgehead atoms. The van der Waals surface area contributed by atoms with Crippen LogP contribution in [0.3, 0.4) is 0 Å². The molecule has 1 aliphatic heterocycles. The average Bonchev–Trinajstić information content (AvgIpc) is 3.71. The molecular weight excluding hydrogens is 560 g/mol. The average molecular weight is 619 g/mol. The Balaban J connectivity index is 1.78. The summed E-state index contributed by atoms with van der Waals surface area (Å²) in [4.78, 5) is 60.0. The van der Waals surface area contributed by atoms with Gasteiger partial charge in [0.1, 0.15) is 18.1 Å². The summed E-state index contributed by atoms with van der Waals surface area (Å²) >= 11 is 0. The van der Waals surface area contributed by atoms with Crippen molar-refractivity contribution in [1.29, 1.82) is 0 Å². The maximum Gasteiger partial charge on any atom is 0.326 e. The molecule has 3 atom stereocenters. The third-order valence-electron chi connectivity index (χ3n) is 8.54. The number of amides is 3. The number of H-pyrrole nitrogens is 1. The number of nitrogens with two attached hydrogens (primary N) is 1. The van der Waals surface area contributed by atoms with Gasteiger partial charge in [-0.15, -0.1) is 0 Å². The van der Waals surface area contributed by atoms with Gasteiger partial charge < -0.3 is 31.4 Å². The van der Waals surface area contributed by atoms with Gasteiger partial charge in [-0.2, -0.15) is 0 Å². The van der Waals surface area contributed by atoms with Crippen LogP contribution in [-0.4, -0.2) is 74.9 Å². The molecule has 6 N–H and O–H groups in total. The molecule has 1 aromatic heterocycles. The molecule has 1 fully saturated rings. The maximum atomic E-state index is 13.4. The van der Waals surface area contributed by atoms with Gasteiger partial charge in [0, 0.05) is 31.3 Å². The molecule has 44 heavy (non-hydrogen) atoms. The molecule has 2 rings (SSSR count). The highest BCUT2D eigenvalue weighted by atomic mass is 16.4. The van der Waals surface area contributed by atoms with Crippen molar-refractivity contribution in [2.45, 2.75) is 153 Å². The first kappa shape index (κ1) is 37.2. The first-order valence-corrected chi connectivity index (χ1v) is 17.2. The van der Waals surface area contributed by atoms with E-state index in [-0.39, 0.29) is 18.7 Å². The van der Waals surface area contributed by atoms with Gasteiger partial charge in [0.25, 0.3) is 0 Å². The van der Waals surface area contributed by atoms with Crippen molar-refractivity contribution >= 4 is 23.7 Å². The third kappa shape index (κ3) is 14.7. The lowest BCUT2D eigenvalue weighted by molar-refractivity contribution is -0.143. The standard InChI is InChI=1S/C33H58N6O5/c1-2-3-4-5-6-7-8-9-10-11-12-13-14-20-30(40)39-22-17-19-29(39)32(42)38-28(23-26-24-35-25-36-26)31(41)37-27(33(43)44)18-15-16-21-34/h24-25,27-29H,2-23,34H2,1H3,(H,35,36)(H,37,41)(H,38,42)(H,43,44). The van der Waals surface area contributed by atoms with Crippen LogP contribution in [0, 0.1) is 0 Å². The van der Waals surface area contributed by atoms with Crippen LogP contribution in [0.1, 0.15) is 135 Å². The summed E-state index contributed by atoms with van der Waals surface area (Å²) in [6.07, 6.45) is 22.4. The van der Waals surface area contributed by atoms with Gasteiger partial charge in [0.15, 0.2) is 0 Å². The Kier molecular flexibility index (Phi) is 19.1. The minimum Gasteiger partial charge on any atom is -0.480 e. The van der Waals surface area contributed by atoms with Crippen molar-refractivity contribution in [3.05, 3.63) is 18.2 Å². The number of nitrogens with zero attached hydrogens (tertiary/aromatic N) is 2. The number of carboxylic acids is 1. The number of hydrogen-bond acceptors (Lipinski definition) is 6. The van der Waals surface area contributed by atoms with Crippen molar-refractivity contribution in [3.63, 3.8) is 0 Å². The van der Waals surface area contributed by atoms with Crippen LogP contribution in [0.25, 0.3) is 0 Å². The van der Waals surface area contributed by atoms with Crippen LogP contribution in [-0.2, 0) is 25.6 Å². The Morgan fingerprint density at radius 3 is 2.14 bits per heavy atom. The quantitative estimate of drug-likeness (QED) is 0.0996. The Morgan fingerprint density at radius 2 is 1.57 bits per heavy atom. The first-order chi connectivity index (χ1) is 21.4. The molecule has 0 saturated carbocycles. The van der Waals surface area contributed by atoms with Gasteiger partial charge >= 0.3 is 5.97 Å². The number of imidazole rings is 1. The topological polar surface area (TPSA) is 171 Å². The Bertz CT molecular complexity index is 956. The van der Waals surface area contributed by atoms with E-state index < -0.39 is 35.9 Å². The summed E-state index contributed by atoms with van der Waals surface area (Å²) in [6, 6.07) is -2.74. The number of aliphatic carboxylic acids is 1. The molecule has 3 unspecified atom stereocenters. The molecule has 11 heteroatoms. The number of aromatic nitrogens is 2. The predicted molar refractivity (Wildman–Crippen MR) is 172 cm³/mol. The van der Waals surface area contributed by atoms with Crippen LogP contribution in [0.2, 0.25) is 0 Å². The minimum absolute atomic E-state index is 0.0221. The van der Waals surface area contributed by atoms with E-state index in [1.165, 1.54) is 70.5 Å². The molecular formula is C33H58N6O5. The molecule has 250 valence electrons. The highest BCUT2D eigenvalue weighted by Crippen LogP contribution is 2.20. The van der Waals surface area contributed by atoms with Crippen molar-refractivity contribution in [1.82, 2.24) is 25.5 Å². The lowest BCUT2D eigenvalue weighted by atomic mass is 10.0. The van der Waals surface area contributed by atoms with Gasteiger partial charge in [-0.25, -0.2) is 9.78 Å². The van der Waals surface area contributed by atoms with E-state index in [2.05, 4.69) is 27.5 Å². The second-order valence-corrected chi connectivity index (χ2v) is 12.3. The van der Waals surface area contributed by atoms with Crippen LogP contribution in [0.5, 0.6) is 0 Å². The van der Waals surface area contributed by atoms with E-state index in [0.29, 0.717) is 44.5 Å². The number of carbonyl (C=O) groups is 4. The molecule has 0 radical (unpaired) electrons. The Morgan fingerprint density at radius 1 is 0.932 bits per heavy atom. The van der Waals surface area contributed by atoms with Gasteiger partial charge in [-0.3, -0.25) is 14.4 Å². The summed E-state index contributed by atoms with van der Waals surface area (Å²) in [6.45, 7) is 3.21. The molecule has 2 heterocycles. The first-order valence-electron chi connectivity index (χ1n) is 17.2. The molecule has 1 aromatic rings. The number of nitrogens with one attached hydrogen (secondary N) is 3. The van der Waals surface area contributed by atoms with Crippen molar-refractivity contribution < 1.29 is 24.3 Å². The van der Waals surface area contributed by atoms with E-state index in [1.807, 2.05) is 0 Å². The number of carboxylic acid groups (broad SMARTS) is 1. The normalized spacial score (nSPS) is 16.0. The van der Waals surface area contributed by atoms with Crippen molar-refractivity contribution in [2.24, 2.45) is 5.73 Å². The lowest BCUT2D eigenvalue weighted by Crippen LogP contribution is -2.56. The molecule has 0 aliphatic carbocycles. The number of hydrogen-bond donors (Lipinski definition) is 5. The Hall–Kier alpha value is -2.95. The predicted octanol–water partition coefficient (Wildman–Crippen LogP) is 4.61. The molecule has 11 nitrogen and oxygen atoms in total. The third-order valence-corrected chi connectivity index (χ3v) is 8.54. The summed E-state index contributed by atoms with van der Waals surface area (Å²) in [7, 11) is 0.